The zero-order chi connectivity index (χ0) is 12.1. The van der Waals surface area contributed by atoms with Crippen LogP contribution < -0.4 is 5.32 Å². The molecule has 7 heteroatoms. The largest absolute Gasteiger partial charge is 0.481 e. The number of carbonyl (C=O) groups excluding carboxylic acids is 1. The Hall–Kier alpha value is -1.27. The topological polar surface area (TPSA) is 66.4 Å². The molecule has 1 atom stereocenters. The Morgan fingerprint density at radius 3 is 2.33 bits per heavy atom. The number of aliphatic carboxylic acids is 1. The van der Waals surface area contributed by atoms with Crippen LogP contribution in [0.15, 0.2) is 0 Å². The van der Waals surface area contributed by atoms with Crippen molar-refractivity contribution in [3.8, 4) is 0 Å². The number of carboxylic acids is 1. The van der Waals surface area contributed by atoms with Gasteiger partial charge in [0, 0.05) is 13.0 Å². The van der Waals surface area contributed by atoms with Crippen LogP contribution in [0.5, 0.6) is 0 Å². The van der Waals surface area contributed by atoms with Crippen LogP contribution in [-0.2, 0) is 9.59 Å². The molecule has 0 saturated carbocycles. The van der Waals surface area contributed by atoms with Gasteiger partial charge in [-0.3, -0.25) is 9.59 Å². The van der Waals surface area contributed by atoms with Crippen molar-refractivity contribution in [2.75, 3.05) is 6.54 Å². The van der Waals surface area contributed by atoms with Crippen molar-refractivity contribution in [1.82, 2.24) is 5.32 Å². The number of nitrogens with one attached hydrogen (secondary N) is 1. The average molecular weight is 227 g/mol. The summed E-state index contributed by atoms with van der Waals surface area (Å²) < 4.78 is 35.1. The Morgan fingerprint density at radius 2 is 1.93 bits per heavy atom. The summed E-state index contributed by atoms with van der Waals surface area (Å²) in [6, 6.07) is 0. The van der Waals surface area contributed by atoms with Crippen LogP contribution in [0.4, 0.5) is 13.2 Å². The number of hydrogen-bond donors (Lipinski definition) is 2. The molecule has 0 radical (unpaired) electrons. The van der Waals surface area contributed by atoms with Gasteiger partial charge in [0.25, 0.3) is 0 Å². The number of carbonyl (C=O) groups is 2. The number of carboxylic acid groups (broad SMARTS) is 1. The van der Waals surface area contributed by atoms with Crippen LogP contribution in [0, 0.1) is 5.92 Å². The molecule has 0 fully saturated rings. The molecule has 1 amide bonds. The third-order valence-corrected chi connectivity index (χ3v) is 1.72. The first-order chi connectivity index (χ1) is 6.73. The lowest BCUT2D eigenvalue weighted by Crippen LogP contribution is -2.39. The molecule has 0 heterocycles. The second-order valence-electron chi connectivity index (χ2n) is 3.25. The van der Waals surface area contributed by atoms with E-state index in [1.165, 1.54) is 0 Å². The Balaban J connectivity index is 3.76. The number of halogens is 3. The van der Waals surface area contributed by atoms with Crippen molar-refractivity contribution >= 4 is 11.9 Å². The molecule has 0 aliphatic heterocycles. The van der Waals surface area contributed by atoms with Crippen molar-refractivity contribution in [3.63, 3.8) is 0 Å². The van der Waals surface area contributed by atoms with Crippen molar-refractivity contribution in [2.45, 2.75) is 25.9 Å². The maximum absolute atomic E-state index is 11.7. The minimum atomic E-state index is -4.88. The smallest absolute Gasteiger partial charge is 0.471 e. The molecular weight excluding hydrogens is 215 g/mol. The molecule has 88 valence electrons. The van der Waals surface area contributed by atoms with Crippen LogP contribution >= 0.6 is 0 Å². The zero-order valence-corrected chi connectivity index (χ0v) is 8.10. The van der Waals surface area contributed by atoms with Gasteiger partial charge in [-0.05, 0) is 12.3 Å². The second-order valence-corrected chi connectivity index (χ2v) is 3.25. The monoisotopic (exact) mass is 227 g/mol. The lowest BCUT2D eigenvalue weighted by molar-refractivity contribution is -0.173. The predicted molar refractivity (Wildman–Crippen MR) is 45.1 cm³/mol. The predicted octanol–water partition coefficient (Wildman–Crippen LogP) is 1.17. The summed E-state index contributed by atoms with van der Waals surface area (Å²) in [6.07, 6.45) is -4.77. The fraction of sp³-hybridized carbons (Fsp3) is 0.750. The summed E-state index contributed by atoms with van der Waals surface area (Å²) in [5.41, 5.74) is 0. The first-order valence-corrected chi connectivity index (χ1v) is 4.30. The summed E-state index contributed by atoms with van der Waals surface area (Å²) >= 11 is 0. The van der Waals surface area contributed by atoms with Crippen molar-refractivity contribution in [3.05, 3.63) is 0 Å². The van der Waals surface area contributed by atoms with Gasteiger partial charge in [0.05, 0.1) is 0 Å². The van der Waals surface area contributed by atoms with Gasteiger partial charge in [-0.25, -0.2) is 0 Å². The van der Waals surface area contributed by atoms with E-state index < -0.39 is 18.1 Å². The molecule has 0 rings (SSSR count). The zero-order valence-electron chi connectivity index (χ0n) is 8.10. The van der Waals surface area contributed by atoms with Crippen molar-refractivity contribution < 1.29 is 27.9 Å². The van der Waals surface area contributed by atoms with Crippen molar-refractivity contribution in [2.24, 2.45) is 5.92 Å². The summed E-state index contributed by atoms with van der Waals surface area (Å²) in [5.74, 6) is -3.30. The highest BCUT2D eigenvalue weighted by Crippen LogP contribution is 2.14. The van der Waals surface area contributed by atoms with Gasteiger partial charge in [0.2, 0.25) is 0 Å². The number of rotatable bonds is 5. The molecule has 15 heavy (non-hydrogen) atoms. The Kier molecular flexibility index (Phi) is 5.10. The van der Waals surface area contributed by atoms with Gasteiger partial charge >= 0.3 is 18.1 Å². The summed E-state index contributed by atoms with van der Waals surface area (Å²) in [4.78, 5) is 20.5. The van der Waals surface area contributed by atoms with E-state index in [4.69, 9.17) is 5.11 Å². The van der Waals surface area contributed by atoms with E-state index in [2.05, 4.69) is 0 Å². The third-order valence-electron chi connectivity index (χ3n) is 1.72. The first kappa shape index (κ1) is 13.7. The summed E-state index contributed by atoms with van der Waals surface area (Å²) in [7, 11) is 0. The van der Waals surface area contributed by atoms with E-state index in [0.717, 1.165) is 0 Å². The van der Waals surface area contributed by atoms with E-state index in [0.29, 0.717) is 0 Å². The Morgan fingerprint density at radius 1 is 1.40 bits per heavy atom. The number of alkyl halides is 3. The molecule has 0 aromatic heterocycles. The number of amides is 1. The molecule has 0 spiro atoms. The fourth-order valence-corrected chi connectivity index (χ4v) is 0.839. The molecule has 1 unspecified atom stereocenters. The fourth-order valence-electron chi connectivity index (χ4n) is 0.839. The molecule has 4 nitrogen and oxygen atoms in total. The van der Waals surface area contributed by atoms with Crippen LogP contribution in [0.1, 0.15) is 19.8 Å². The van der Waals surface area contributed by atoms with Crippen LogP contribution in [0.3, 0.4) is 0 Å². The summed E-state index contributed by atoms with van der Waals surface area (Å²) in [5, 5.41) is 9.99. The van der Waals surface area contributed by atoms with E-state index in [1.54, 1.807) is 12.2 Å². The standard InChI is InChI=1S/C8H12F3NO3/c1-5(2-3-6(13)14)4-12-7(15)8(9,10)11/h5H,2-4H2,1H3,(H,12,15)(H,13,14). The van der Waals surface area contributed by atoms with Gasteiger partial charge in [-0.1, -0.05) is 6.92 Å². The second kappa shape index (κ2) is 5.57. The maximum Gasteiger partial charge on any atom is 0.471 e. The molecular formula is C8H12F3NO3. The average Bonchev–Trinajstić information content (AvgIpc) is 2.09. The summed E-state index contributed by atoms with van der Waals surface area (Å²) in [6.45, 7) is 1.39. The van der Waals surface area contributed by atoms with E-state index in [1.807, 2.05) is 0 Å². The van der Waals surface area contributed by atoms with E-state index in [-0.39, 0.29) is 25.3 Å². The van der Waals surface area contributed by atoms with E-state index in [9.17, 15) is 22.8 Å². The highest BCUT2D eigenvalue weighted by molar-refractivity contribution is 5.81. The van der Waals surface area contributed by atoms with Crippen LogP contribution in [-0.4, -0.2) is 29.7 Å². The lowest BCUT2D eigenvalue weighted by atomic mass is 10.1. The Labute approximate surface area is 84.5 Å². The molecule has 0 aromatic carbocycles. The SMILES string of the molecule is CC(CCC(=O)O)CNC(=O)C(F)(F)F. The first-order valence-electron chi connectivity index (χ1n) is 4.30. The van der Waals surface area contributed by atoms with Gasteiger partial charge in [-0.2, -0.15) is 13.2 Å². The number of hydrogen-bond acceptors (Lipinski definition) is 2. The Bertz CT molecular complexity index is 240. The normalized spacial score (nSPS) is 13.3. The maximum atomic E-state index is 11.7. The molecule has 2 N–H and O–H groups in total. The van der Waals surface area contributed by atoms with Crippen LogP contribution in [0.25, 0.3) is 0 Å². The van der Waals surface area contributed by atoms with E-state index >= 15 is 0 Å². The van der Waals surface area contributed by atoms with Gasteiger partial charge < -0.3 is 10.4 Å². The minimum absolute atomic E-state index is 0.122. The highest BCUT2D eigenvalue weighted by Gasteiger charge is 2.38. The molecule has 0 aromatic rings. The van der Waals surface area contributed by atoms with Crippen molar-refractivity contribution in [1.29, 1.82) is 0 Å². The molecule has 0 saturated heterocycles. The quantitative estimate of drug-likeness (QED) is 0.740. The van der Waals surface area contributed by atoms with Crippen LogP contribution in [0.2, 0.25) is 0 Å². The van der Waals surface area contributed by atoms with Gasteiger partial charge in [0.1, 0.15) is 0 Å². The lowest BCUT2D eigenvalue weighted by Gasteiger charge is -2.12. The third kappa shape index (κ3) is 6.75. The molecule has 0 aliphatic rings. The molecule has 0 aliphatic carbocycles. The van der Waals surface area contributed by atoms with Gasteiger partial charge in [0.15, 0.2) is 0 Å². The highest BCUT2D eigenvalue weighted by atomic mass is 19.4. The molecule has 0 bridgehead atoms. The minimum Gasteiger partial charge on any atom is -0.481 e. The van der Waals surface area contributed by atoms with Gasteiger partial charge in [-0.15, -0.1) is 0 Å².